The van der Waals surface area contributed by atoms with Gasteiger partial charge in [0.05, 0.1) is 0 Å². The van der Waals surface area contributed by atoms with Gasteiger partial charge in [0.2, 0.25) is 5.91 Å². The quantitative estimate of drug-likeness (QED) is 0.669. The second kappa shape index (κ2) is 8.88. The Hall–Kier alpha value is -0.220. The molecule has 0 aliphatic carbocycles. The topological polar surface area (TPSA) is 41.1 Å². The molecule has 0 aromatic heterocycles. The van der Waals surface area contributed by atoms with Gasteiger partial charge in [0.25, 0.3) is 0 Å². The van der Waals surface area contributed by atoms with Gasteiger partial charge in [-0.2, -0.15) is 11.8 Å². The summed E-state index contributed by atoms with van der Waals surface area (Å²) in [6.45, 7) is 3.06. The fourth-order valence-corrected chi connectivity index (χ4v) is 2.47. The van der Waals surface area contributed by atoms with Crippen molar-refractivity contribution in [2.45, 2.75) is 32.1 Å². The highest BCUT2D eigenvalue weighted by Crippen LogP contribution is 2.08. The number of thioether (sulfide) groups is 1. The zero-order chi connectivity index (χ0) is 11.6. The lowest BCUT2D eigenvalue weighted by Gasteiger charge is -2.22. The highest BCUT2D eigenvalue weighted by molar-refractivity contribution is 7.98. The van der Waals surface area contributed by atoms with Crippen LogP contribution in [-0.4, -0.2) is 37.6 Å². The van der Waals surface area contributed by atoms with Crippen LogP contribution in [-0.2, 0) is 4.79 Å². The van der Waals surface area contributed by atoms with E-state index in [2.05, 4.69) is 16.9 Å². The van der Waals surface area contributed by atoms with Gasteiger partial charge in [0.1, 0.15) is 0 Å². The summed E-state index contributed by atoms with van der Waals surface area (Å²) in [5.41, 5.74) is 0. The Bertz CT molecular complexity index is 193. The molecule has 1 rings (SSSR count). The van der Waals surface area contributed by atoms with E-state index in [1.165, 1.54) is 18.6 Å². The Balaban J connectivity index is 1.96. The van der Waals surface area contributed by atoms with E-state index >= 15 is 0 Å². The lowest BCUT2D eigenvalue weighted by molar-refractivity contribution is -0.121. The molecule has 0 aromatic carbocycles. The van der Waals surface area contributed by atoms with Crippen molar-refractivity contribution in [2.75, 3.05) is 31.6 Å². The molecule has 1 heterocycles. The Morgan fingerprint density at radius 3 is 3.06 bits per heavy atom. The fourth-order valence-electron chi connectivity index (χ4n) is 1.98. The summed E-state index contributed by atoms with van der Waals surface area (Å²) in [6, 6.07) is 0. The first kappa shape index (κ1) is 13.8. The highest BCUT2D eigenvalue weighted by Gasteiger charge is 2.13. The second-order valence-corrected chi connectivity index (χ2v) is 5.45. The van der Waals surface area contributed by atoms with Crippen LogP contribution in [0.3, 0.4) is 0 Å². The van der Waals surface area contributed by atoms with Crippen LogP contribution < -0.4 is 10.6 Å². The summed E-state index contributed by atoms with van der Waals surface area (Å²) >= 11 is 1.85. The molecule has 1 unspecified atom stereocenters. The third-order valence-corrected chi connectivity index (χ3v) is 3.69. The molecule has 94 valence electrons. The Labute approximate surface area is 103 Å². The maximum Gasteiger partial charge on any atom is 0.220 e. The second-order valence-electron chi connectivity index (χ2n) is 4.47. The SMILES string of the molecule is CSCCCCC(=O)NCC1CCCNC1. The van der Waals surface area contributed by atoms with Crippen LogP contribution in [0, 0.1) is 5.92 Å². The zero-order valence-electron chi connectivity index (χ0n) is 10.3. The molecule has 0 radical (unpaired) electrons. The Morgan fingerprint density at radius 1 is 1.50 bits per heavy atom. The predicted molar refractivity (Wildman–Crippen MR) is 70.8 cm³/mol. The minimum Gasteiger partial charge on any atom is -0.356 e. The van der Waals surface area contributed by atoms with Crippen LogP contribution >= 0.6 is 11.8 Å². The standard InChI is InChI=1S/C12H24N2OS/c1-16-8-3-2-6-12(15)14-10-11-5-4-7-13-9-11/h11,13H,2-10H2,1H3,(H,14,15). The number of amides is 1. The number of hydrogen-bond acceptors (Lipinski definition) is 3. The molecule has 1 amide bonds. The summed E-state index contributed by atoms with van der Waals surface area (Å²) in [7, 11) is 0. The zero-order valence-corrected chi connectivity index (χ0v) is 11.1. The number of nitrogens with one attached hydrogen (secondary N) is 2. The average Bonchev–Trinajstić information content (AvgIpc) is 2.33. The van der Waals surface area contributed by atoms with Crippen molar-refractivity contribution in [1.82, 2.24) is 10.6 Å². The molecule has 0 saturated carbocycles. The minimum absolute atomic E-state index is 0.228. The molecular formula is C12H24N2OS. The normalized spacial score (nSPS) is 20.7. The van der Waals surface area contributed by atoms with Crippen LogP contribution in [0.15, 0.2) is 0 Å². The van der Waals surface area contributed by atoms with Crippen molar-refractivity contribution in [2.24, 2.45) is 5.92 Å². The maximum absolute atomic E-state index is 11.5. The van der Waals surface area contributed by atoms with E-state index in [0.29, 0.717) is 12.3 Å². The minimum atomic E-state index is 0.228. The Morgan fingerprint density at radius 2 is 2.38 bits per heavy atom. The first-order chi connectivity index (χ1) is 7.83. The molecule has 1 atom stereocenters. The van der Waals surface area contributed by atoms with Crippen LogP contribution in [0.2, 0.25) is 0 Å². The van der Waals surface area contributed by atoms with Gasteiger partial charge in [0.15, 0.2) is 0 Å². The lowest BCUT2D eigenvalue weighted by Crippen LogP contribution is -2.38. The molecule has 0 aromatic rings. The highest BCUT2D eigenvalue weighted by atomic mass is 32.2. The molecule has 1 saturated heterocycles. The van der Waals surface area contributed by atoms with Gasteiger partial charge >= 0.3 is 0 Å². The monoisotopic (exact) mass is 244 g/mol. The van der Waals surface area contributed by atoms with Crippen molar-refractivity contribution in [3.05, 3.63) is 0 Å². The van der Waals surface area contributed by atoms with Crippen LogP contribution in [0.25, 0.3) is 0 Å². The van der Waals surface area contributed by atoms with E-state index in [9.17, 15) is 4.79 Å². The number of hydrogen-bond donors (Lipinski definition) is 2. The largest absolute Gasteiger partial charge is 0.356 e. The van der Waals surface area contributed by atoms with Crippen molar-refractivity contribution in [1.29, 1.82) is 0 Å². The molecule has 16 heavy (non-hydrogen) atoms. The first-order valence-electron chi connectivity index (χ1n) is 6.29. The summed E-state index contributed by atoms with van der Waals surface area (Å²) in [5.74, 6) is 2.04. The van der Waals surface area contributed by atoms with Gasteiger partial charge in [-0.05, 0) is 56.7 Å². The maximum atomic E-state index is 11.5. The van der Waals surface area contributed by atoms with Crippen LogP contribution in [0.4, 0.5) is 0 Å². The molecule has 3 nitrogen and oxygen atoms in total. The summed E-state index contributed by atoms with van der Waals surface area (Å²) in [5, 5.41) is 6.41. The van der Waals surface area contributed by atoms with Gasteiger partial charge in [-0.15, -0.1) is 0 Å². The van der Waals surface area contributed by atoms with E-state index < -0.39 is 0 Å². The summed E-state index contributed by atoms with van der Waals surface area (Å²) in [6.07, 6.45) is 7.47. The van der Waals surface area contributed by atoms with Crippen molar-refractivity contribution in [3.63, 3.8) is 0 Å². The van der Waals surface area contributed by atoms with Crippen molar-refractivity contribution < 1.29 is 4.79 Å². The van der Waals surface area contributed by atoms with E-state index in [1.54, 1.807) is 0 Å². The van der Waals surface area contributed by atoms with Crippen LogP contribution in [0.5, 0.6) is 0 Å². The molecule has 0 bridgehead atoms. The third kappa shape index (κ3) is 6.38. The third-order valence-electron chi connectivity index (χ3n) is 2.99. The number of unbranched alkanes of at least 4 members (excludes halogenated alkanes) is 1. The predicted octanol–water partition coefficient (Wildman–Crippen LogP) is 1.64. The number of carbonyl (C=O) groups excluding carboxylic acids is 1. The molecule has 1 aliphatic heterocycles. The smallest absolute Gasteiger partial charge is 0.220 e. The molecule has 1 aliphatic rings. The van der Waals surface area contributed by atoms with E-state index in [4.69, 9.17) is 0 Å². The van der Waals surface area contributed by atoms with Crippen LogP contribution in [0.1, 0.15) is 32.1 Å². The number of carbonyl (C=O) groups is 1. The van der Waals surface area contributed by atoms with Gasteiger partial charge in [-0.1, -0.05) is 0 Å². The van der Waals surface area contributed by atoms with E-state index in [1.807, 2.05) is 11.8 Å². The number of piperidine rings is 1. The number of rotatable bonds is 7. The summed E-state index contributed by atoms with van der Waals surface area (Å²) in [4.78, 5) is 11.5. The van der Waals surface area contributed by atoms with E-state index in [-0.39, 0.29) is 5.91 Å². The molecule has 0 spiro atoms. The summed E-state index contributed by atoms with van der Waals surface area (Å²) < 4.78 is 0. The average molecular weight is 244 g/mol. The van der Waals surface area contributed by atoms with Gasteiger partial charge in [-0.25, -0.2) is 0 Å². The fraction of sp³-hybridized carbons (Fsp3) is 0.917. The molecule has 2 N–H and O–H groups in total. The molecule has 1 fully saturated rings. The lowest BCUT2D eigenvalue weighted by atomic mass is 10.00. The van der Waals surface area contributed by atoms with Gasteiger partial charge in [0, 0.05) is 13.0 Å². The first-order valence-corrected chi connectivity index (χ1v) is 7.68. The van der Waals surface area contributed by atoms with Gasteiger partial charge in [-0.3, -0.25) is 4.79 Å². The molecule has 4 heteroatoms. The van der Waals surface area contributed by atoms with Crippen molar-refractivity contribution >= 4 is 17.7 Å². The Kier molecular flexibility index (Phi) is 7.68. The van der Waals surface area contributed by atoms with Gasteiger partial charge < -0.3 is 10.6 Å². The van der Waals surface area contributed by atoms with Crippen molar-refractivity contribution in [3.8, 4) is 0 Å². The molecular weight excluding hydrogens is 220 g/mol. The van der Waals surface area contributed by atoms with E-state index in [0.717, 1.165) is 32.5 Å².